The van der Waals surface area contributed by atoms with E-state index in [0.29, 0.717) is 11.1 Å². The Morgan fingerprint density at radius 2 is 0.404 bits per heavy atom. The Morgan fingerprint density at radius 1 is 0.202 bits per heavy atom. The van der Waals surface area contributed by atoms with E-state index < -0.39 is 0 Å². The largest absolute Gasteiger partial charge is 0.310 e. The summed E-state index contributed by atoms with van der Waals surface area (Å²) in [4.78, 5) is 4.75. The molecular formula is C90H80N4. The molecular weight excluding hydrogens is 1140 g/mol. The van der Waals surface area contributed by atoms with Crippen LogP contribution in [0.5, 0.6) is 0 Å². The molecule has 0 amide bonds. The fraction of sp³-hybridized carbons (Fsp3) is 0.178. The molecule has 0 fully saturated rings. The summed E-state index contributed by atoms with van der Waals surface area (Å²) in [5.41, 5.74) is 35.4. The number of anilines is 6. The third kappa shape index (κ3) is 12.4. The highest BCUT2D eigenvalue weighted by molar-refractivity contribution is 6.06. The third-order valence-electron chi connectivity index (χ3n) is 19.3. The van der Waals surface area contributed by atoms with E-state index in [-0.39, 0.29) is 0 Å². The van der Waals surface area contributed by atoms with Gasteiger partial charge in [0.15, 0.2) is 0 Å². The van der Waals surface area contributed by atoms with Crippen LogP contribution in [-0.4, -0.2) is 0 Å². The first-order valence-electron chi connectivity index (χ1n) is 33.9. The highest BCUT2D eigenvalue weighted by Gasteiger charge is 2.27. The Kier molecular flexibility index (Phi) is 18.0. The molecule has 0 atom stereocenters. The van der Waals surface area contributed by atoms with E-state index in [9.17, 15) is 10.5 Å². The fourth-order valence-corrected chi connectivity index (χ4v) is 13.9. The zero-order valence-electron chi connectivity index (χ0n) is 55.5. The Bertz CT molecular complexity index is 4280. The van der Waals surface area contributed by atoms with Gasteiger partial charge in [-0.1, -0.05) is 201 Å². The van der Waals surface area contributed by atoms with Gasteiger partial charge in [-0.25, -0.2) is 0 Å². The van der Waals surface area contributed by atoms with Crippen LogP contribution in [0, 0.1) is 22.7 Å². The lowest BCUT2D eigenvalue weighted by Crippen LogP contribution is -2.11. The zero-order valence-corrected chi connectivity index (χ0v) is 55.5. The lowest BCUT2D eigenvalue weighted by Gasteiger charge is -2.30. The van der Waals surface area contributed by atoms with Crippen LogP contribution in [0.1, 0.15) is 111 Å². The van der Waals surface area contributed by atoms with Crippen molar-refractivity contribution in [3.63, 3.8) is 0 Å². The first-order valence-corrected chi connectivity index (χ1v) is 33.9. The zero-order chi connectivity index (χ0) is 65.0. The van der Waals surface area contributed by atoms with Gasteiger partial charge in [-0.15, -0.1) is 0 Å². The van der Waals surface area contributed by atoms with Crippen molar-refractivity contribution >= 4 is 34.1 Å². The number of fused-ring (bicyclic) bond motifs is 8. The highest BCUT2D eigenvalue weighted by atomic mass is 15.1. The monoisotopic (exact) mass is 1220 g/mol. The molecule has 0 saturated heterocycles. The summed E-state index contributed by atoms with van der Waals surface area (Å²) in [6, 6.07) is 95.1. The summed E-state index contributed by atoms with van der Waals surface area (Å²) in [6.45, 7) is 17.8. The summed E-state index contributed by atoms with van der Waals surface area (Å²) in [5.74, 6) is 0. The predicted octanol–water partition coefficient (Wildman–Crippen LogP) is 24.5. The van der Waals surface area contributed by atoms with Crippen molar-refractivity contribution in [1.29, 1.82) is 10.5 Å². The molecule has 0 spiro atoms. The van der Waals surface area contributed by atoms with Gasteiger partial charge in [0, 0.05) is 34.1 Å². The Hall–Kier alpha value is -10.8. The van der Waals surface area contributed by atoms with Crippen molar-refractivity contribution in [1.82, 2.24) is 0 Å². The molecule has 4 heteroatoms. The smallest absolute Gasteiger partial charge is 0.0991 e. The van der Waals surface area contributed by atoms with Crippen molar-refractivity contribution in [2.24, 2.45) is 0 Å². The van der Waals surface area contributed by atoms with Crippen LogP contribution < -0.4 is 9.80 Å². The van der Waals surface area contributed by atoms with Crippen molar-refractivity contribution in [3.05, 3.63) is 298 Å². The average Bonchev–Trinajstić information content (AvgIpc) is 0.736. The second kappa shape index (κ2) is 27.2. The van der Waals surface area contributed by atoms with Gasteiger partial charge in [-0.2, -0.15) is 10.5 Å². The van der Waals surface area contributed by atoms with E-state index in [1.807, 2.05) is 12.1 Å². The van der Waals surface area contributed by atoms with Crippen LogP contribution in [0.4, 0.5) is 34.1 Å². The van der Waals surface area contributed by atoms with E-state index in [1.165, 1.54) is 89.0 Å². The van der Waals surface area contributed by atoms with E-state index in [4.69, 9.17) is 0 Å². The molecule has 12 aromatic rings. The summed E-state index contributed by atoms with van der Waals surface area (Å²) in [6.07, 6.45) is 7.83. The summed E-state index contributed by atoms with van der Waals surface area (Å²) >= 11 is 0. The molecule has 0 aliphatic heterocycles. The fourth-order valence-electron chi connectivity index (χ4n) is 13.9. The van der Waals surface area contributed by atoms with Crippen molar-refractivity contribution in [2.45, 2.75) is 107 Å². The lowest BCUT2D eigenvalue weighted by molar-refractivity contribution is 1.09. The molecule has 4 nitrogen and oxygen atoms in total. The number of hydrogen-bond donors (Lipinski definition) is 0. The van der Waals surface area contributed by atoms with Crippen LogP contribution in [0.3, 0.4) is 0 Å². The second-order valence-electron chi connectivity index (χ2n) is 25.0. The van der Waals surface area contributed by atoms with Crippen LogP contribution in [-0.2, 0) is 51.4 Å². The average molecular weight is 1220 g/mol. The number of nitriles is 2. The SMILES string of the molecule is CCc1cc(CC)cc(-c2ccc(N(c3ccc(-c4cc(CC)cc(CC)c4)cc3)c3ccc4c(c3)-c3cc(C#N)ccc3-c3ccc(C#N)cc3-c3cc(N(c5ccc(-c6cc(CC)cc(CC)c6)cc5)c5ccc(-c6cc(CC)cc(CC)c6)cc5)ccc3-4)cc2)c1. The quantitative estimate of drug-likeness (QED) is 0.0859. The summed E-state index contributed by atoms with van der Waals surface area (Å²) < 4.78 is 0. The maximum atomic E-state index is 10.7. The van der Waals surface area contributed by atoms with Crippen LogP contribution in [0.15, 0.2) is 243 Å². The minimum atomic E-state index is 0.571. The van der Waals surface area contributed by atoms with E-state index in [2.05, 4.69) is 308 Å². The van der Waals surface area contributed by atoms with E-state index in [1.54, 1.807) is 0 Å². The summed E-state index contributed by atoms with van der Waals surface area (Å²) in [5, 5.41) is 21.4. The van der Waals surface area contributed by atoms with Crippen molar-refractivity contribution in [3.8, 4) is 101 Å². The van der Waals surface area contributed by atoms with Crippen LogP contribution in [0.2, 0.25) is 0 Å². The number of aryl methyl sites for hydroxylation is 8. The number of nitrogens with zero attached hydrogens (tertiary/aromatic N) is 4. The number of rotatable bonds is 18. The topological polar surface area (TPSA) is 54.1 Å². The number of hydrogen-bond acceptors (Lipinski definition) is 4. The number of benzene rings is 12. The first kappa shape index (κ1) is 62.0. The minimum Gasteiger partial charge on any atom is -0.310 e. The molecule has 0 saturated carbocycles. The minimum absolute atomic E-state index is 0.571. The van der Waals surface area contributed by atoms with Crippen LogP contribution >= 0.6 is 0 Å². The van der Waals surface area contributed by atoms with Gasteiger partial charge in [-0.05, 0) is 282 Å². The molecule has 13 rings (SSSR count). The second-order valence-corrected chi connectivity index (χ2v) is 25.0. The molecule has 12 aromatic carbocycles. The van der Waals surface area contributed by atoms with Gasteiger partial charge in [0.2, 0.25) is 0 Å². The molecule has 0 heterocycles. The van der Waals surface area contributed by atoms with Crippen molar-refractivity contribution < 1.29 is 0 Å². The molecule has 460 valence electrons. The first-order chi connectivity index (χ1) is 46.0. The molecule has 0 radical (unpaired) electrons. The highest BCUT2D eigenvalue weighted by Crippen LogP contribution is 2.52. The summed E-state index contributed by atoms with van der Waals surface area (Å²) in [7, 11) is 0. The predicted molar refractivity (Wildman–Crippen MR) is 397 cm³/mol. The van der Waals surface area contributed by atoms with Gasteiger partial charge >= 0.3 is 0 Å². The van der Waals surface area contributed by atoms with E-state index in [0.717, 1.165) is 130 Å². The van der Waals surface area contributed by atoms with Gasteiger partial charge in [0.05, 0.1) is 23.3 Å². The van der Waals surface area contributed by atoms with Gasteiger partial charge < -0.3 is 9.80 Å². The molecule has 0 bridgehead atoms. The van der Waals surface area contributed by atoms with Crippen LogP contribution in [0.25, 0.3) is 89.0 Å². The maximum absolute atomic E-state index is 10.7. The Labute approximate surface area is 557 Å². The third-order valence-corrected chi connectivity index (χ3v) is 19.3. The van der Waals surface area contributed by atoms with Gasteiger partial charge in [-0.3, -0.25) is 0 Å². The lowest BCUT2D eigenvalue weighted by atomic mass is 9.79. The maximum Gasteiger partial charge on any atom is 0.0991 e. The standard InChI is InChI=1S/C90H80N4/c1-9-59-41-60(10-2)46-73(45-59)69-19-27-77(28-20-69)93(78-29-21-70(22-30-78)74-47-61(11-3)42-62(12-4)48-74)81-35-39-85-86-40-36-82(56-90(86)88-54-68(58-92)18-38-84(88)83-37-17-67(57-91)53-87(83)89(85)55-81)94(79-31-23-71(24-32-79)75-49-63(13-5)43-64(14-6)50-75)80-33-25-72(26-34-80)76-51-65(15-7)44-66(16-8)52-76/h17-56H,9-16H2,1-8H3. The Balaban J connectivity index is 1.00. The molecule has 94 heavy (non-hydrogen) atoms. The van der Waals surface area contributed by atoms with Crippen molar-refractivity contribution in [2.75, 3.05) is 9.80 Å². The molecule has 1 aliphatic rings. The normalized spacial score (nSPS) is 11.3. The Morgan fingerprint density at radius 3 is 0.617 bits per heavy atom. The molecule has 1 aliphatic carbocycles. The molecule has 0 N–H and O–H groups in total. The molecule has 0 aromatic heterocycles. The molecule has 0 unspecified atom stereocenters. The van der Waals surface area contributed by atoms with Gasteiger partial charge in [0.1, 0.15) is 0 Å². The van der Waals surface area contributed by atoms with Gasteiger partial charge in [0.25, 0.3) is 0 Å². The van der Waals surface area contributed by atoms with E-state index >= 15 is 0 Å².